The standard InChI is InChI=1S/C19H21ClF3N3O2S/c1-28-11-8-13(22)18(14(23)9-11)12-10-26(7-5-21)6-4-15(12)24-19(27)25-17-3-2-16(20)29-17/h2-3,8-9,12,15H,4-7,10H2,1H3,(H2,24,25,27). The van der Waals surface area contributed by atoms with Gasteiger partial charge in [0, 0.05) is 49.3 Å². The molecule has 1 aromatic carbocycles. The van der Waals surface area contributed by atoms with E-state index in [4.69, 9.17) is 16.3 Å². The largest absolute Gasteiger partial charge is 0.497 e. The second-order valence-electron chi connectivity index (χ2n) is 6.70. The highest BCUT2D eigenvalue weighted by molar-refractivity contribution is 7.20. The first-order valence-corrected chi connectivity index (χ1v) is 10.2. The lowest BCUT2D eigenvalue weighted by Gasteiger charge is -2.39. The summed E-state index contributed by atoms with van der Waals surface area (Å²) in [5.74, 6) is -2.13. The van der Waals surface area contributed by atoms with E-state index in [1.165, 1.54) is 18.4 Å². The van der Waals surface area contributed by atoms with E-state index in [2.05, 4.69) is 10.6 Å². The monoisotopic (exact) mass is 447 g/mol. The van der Waals surface area contributed by atoms with E-state index >= 15 is 0 Å². The Balaban J connectivity index is 1.82. The molecule has 0 spiro atoms. The molecular weight excluding hydrogens is 427 g/mol. The van der Waals surface area contributed by atoms with Crippen LogP contribution in [0.15, 0.2) is 24.3 Å². The summed E-state index contributed by atoms with van der Waals surface area (Å²) < 4.78 is 47.7. The number of rotatable bonds is 6. The number of halogens is 4. The lowest BCUT2D eigenvalue weighted by Crippen LogP contribution is -2.51. The number of carbonyl (C=O) groups is 1. The zero-order valence-electron chi connectivity index (χ0n) is 15.7. The van der Waals surface area contributed by atoms with Gasteiger partial charge >= 0.3 is 6.03 Å². The van der Waals surface area contributed by atoms with Gasteiger partial charge in [-0.25, -0.2) is 18.0 Å². The van der Waals surface area contributed by atoms with Crippen LogP contribution in [-0.2, 0) is 0 Å². The second-order valence-corrected chi connectivity index (χ2v) is 8.41. The van der Waals surface area contributed by atoms with Crippen LogP contribution >= 0.6 is 22.9 Å². The van der Waals surface area contributed by atoms with Crippen molar-refractivity contribution < 1.29 is 22.7 Å². The van der Waals surface area contributed by atoms with Crippen molar-refractivity contribution in [3.8, 4) is 5.75 Å². The zero-order chi connectivity index (χ0) is 21.0. The van der Waals surface area contributed by atoms with Gasteiger partial charge in [-0.05, 0) is 18.6 Å². The summed E-state index contributed by atoms with van der Waals surface area (Å²) in [6.45, 7) is 0.343. The molecule has 2 heterocycles. The maximum absolute atomic E-state index is 14.7. The summed E-state index contributed by atoms with van der Waals surface area (Å²) in [4.78, 5) is 14.2. The normalized spacial score (nSPS) is 19.8. The summed E-state index contributed by atoms with van der Waals surface area (Å²) in [6, 6.07) is 4.51. The van der Waals surface area contributed by atoms with E-state index in [9.17, 15) is 18.0 Å². The van der Waals surface area contributed by atoms with Crippen molar-refractivity contribution in [2.75, 3.05) is 38.7 Å². The molecule has 2 aromatic rings. The van der Waals surface area contributed by atoms with Gasteiger partial charge in [0.05, 0.1) is 16.4 Å². The minimum Gasteiger partial charge on any atom is -0.497 e. The van der Waals surface area contributed by atoms with E-state index < -0.39 is 36.3 Å². The van der Waals surface area contributed by atoms with Crippen LogP contribution in [0.1, 0.15) is 17.9 Å². The summed E-state index contributed by atoms with van der Waals surface area (Å²) in [6.07, 6.45) is 0.425. The molecule has 10 heteroatoms. The highest BCUT2D eigenvalue weighted by atomic mass is 35.5. The Bertz CT molecular complexity index is 844. The number of methoxy groups -OCH3 is 1. The van der Waals surface area contributed by atoms with Gasteiger partial charge in [-0.15, -0.1) is 11.3 Å². The number of urea groups is 1. The van der Waals surface area contributed by atoms with Gasteiger partial charge in [-0.2, -0.15) is 0 Å². The molecular formula is C19H21ClF3N3O2S. The SMILES string of the molecule is COc1cc(F)c(C2CN(CCF)CCC2NC(=O)Nc2ccc(Cl)s2)c(F)c1. The molecule has 158 valence electrons. The van der Waals surface area contributed by atoms with E-state index in [-0.39, 0.29) is 24.4 Å². The number of ether oxygens (including phenoxy) is 1. The van der Waals surface area contributed by atoms with Crippen LogP contribution in [0, 0.1) is 11.6 Å². The van der Waals surface area contributed by atoms with Crippen molar-refractivity contribution in [3.63, 3.8) is 0 Å². The molecule has 29 heavy (non-hydrogen) atoms. The van der Waals surface area contributed by atoms with Crippen LogP contribution in [-0.4, -0.2) is 50.4 Å². The number of hydrogen-bond donors (Lipinski definition) is 2. The first-order chi connectivity index (χ1) is 13.9. The Morgan fingerprint density at radius 3 is 2.66 bits per heavy atom. The third-order valence-electron chi connectivity index (χ3n) is 4.88. The van der Waals surface area contributed by atoms with Crippen molar-refractivity contribution in [1.29, 1.82) is 0 Å². The minimum absolute atomic E-state index is 0.0667. The molecule has 0 bridgehead atoms. The van der Waals surface area contributed by atoms with Gasteiger partial charge in [0.15, 0.2) is 0 Å². The van der Waals surface area contributed by atoms with Crippen molar-refractivity contribution in [2.45, 2.75) is 18.4 Å². The van der Waals surface area contributed by atoms with E-state index in [1.807, 2.05) is 0 Å². The molecule has 2 atom stereocenters. The quantitative estimate of drug-likeness (QED) is 0.678. The van der Waals surface area contributed by atoms with E-state index in [0.29, 0.717) is 22.3 Å². The molecule has 0 aliphatic carbocycles. The van der Waals surface area contributed by atoms with Crippen molar-refractivity contribution in [3.05, 3.63) is 45.8 Å². The Labute approximate surface area is 175 Å². The topological polar surface area (TPSA) is 53.6 Å². The zero-order valence-corrected chi connectivity index (χ0v) is 17.3. The molecule has 2 amide bonds. The highest BCUT2D eigenvalue weighted by Crippen LogP contribution is 2.33. The van der Waals surface area contributed by atoms with Crippen LogP contribution in [0.3, 0.4) is 0 Å². The third kappa shape index (κ3) is 5.34. The molecule has 1 aliphatic rings. The summed E-state index contributed by atoms with van der Waals surface area (Å²) in [5, 5.41) is 6.02. The number of carbonyl (C=O) groups excluding carboxylic acids is 1. The van der Waals surface area contributed by atoms with Crippen LogP contribution < -0.4 is 15.4 Å². The molecule has 3 rings (SSSR count). The summed E-state index contributed by atoms with van der Waals surface area (Å²) in [5.41, 5.74) is -0.140. The van der Waals surface area contributed by atoms with Gasteiger partial charge in [0.25, 0.3) is 0 Å². The van der Waals surface area contributed by atoms with Crippen molar-refractivity contribution >= 4 is 34.0 Å². The fourth-order valence-electron chi connectivity index (χ4n) is 3.54. The summed E-state index contributed by atoms with van der Waals surface area (Å²) >= 11 is 7.06. The van der Waals surface area contributed by atoms with Crippen molar-refractivity contribution in [2.24, 2.45) is 0 Å². The van der Waals surface area contributed by atoms with Gasteiger partial charge in [0.2, 0.25) is 0 Å². The number of thiophene rings is 1. The number of likely N-dealkylation sites (tertiary alicyclic amines) is 1. The number of benzene rings is 1. The molecule has 0 radical (unpaired) electrons. The minimum atomic E-state index is -0.758. The fraction of sp³-hybridized carbons (Fsp3) is 0.421. The molecule has 2 N–H and O–H groups in total. The Kier molecular flexibility index (Phi) is 7.26. The van der Waals surface area contributed by atoms with Crippen molar-refractivity contribution in [1.82, 2.24) is 10.2 Å². The number of amides is 2. The number of hydrogen-bond acceptors (Lipinski definition) is 4. The Morgan fingerprint density at radius 1 is 1.34 bits per heavy atom. The summed E-state index contributed by atoms with van der Waals surface area (Å²) in [7, 11) is 1.32. The number of anilines is 1. The van der Waals surface area contributed by atoms with Gasteiger partial charge in [0.1, 0.15) is 24.1 Å². The first-order valence-electron chi connectivity index (χ1n) is 9.05. The van der Waals surface area contributed by atoms with Gasteiger partial charge in [-0.3, -0.25) is 10.2 Å². The molecule has 1 aliphatic heterocycles. The fourth-order valence-corrected chi connectivity index (χ4v) is 4.48. The maximum atomic E-state index is 14.7. The lowest BCUT2D eigenvalue weighted by molar-refractivity contribution is 0.161. The number of piperidine rings is 1. The Morgan fingerprint density at radius 2 is 2.07 bits per heavy atom. The number of nitrogens with zero attached hydrogens (tertiary/aromatic N) is 1. The molecule has 2 unspecified atom stereocenters. The van der Waals surface area contributed by atoms with Crippen LogP contribution in [0.5, 0.6) is 5.75 Å². The van der Waals surface area contributed by atoms with E-state index in [1.54, 1.807) is 17.0 Å². The predicted octanol–water partition coefficient (Wildman–Crippen LogP) is 4.64. The Hall–Kier alpha value is -1.97. The molecule has 5 nitrogen and oxygen atoms in total. The van der Waals surface area contributed by atoms with Gasteiger partial charge < -0.3 is 10.1 Å². The van der Waals surface area contributed by atoms with E-state index in [0.717, 1.165) is 12.1 Å². The average Bonchev–Trinajstić information content (AvgIpc) is 3.07. The number of nitrogens with one attached hydrogen (secondary N) is 2. The average molecular weight is 448 g/mol. The molecule has 1 saturated heterocycles. The molecule has 0 saturated carbocycles. The lowest BCUT2D eigenvalue weighted by atomic mass is 9.85. The number of alkyl halides is 1. The smallest absolute Gasteiger partial charge is 0.320 e. The maximum Gasteiger partial charge on any atom is 0.320 e. The third-order valence-corrected chi connectivity index (χ3v) is 6.03. The predicted molar refractivity (Wildman–Crippen MR) is 108 cm³/mol. The van der Waals surface area contributed by atoms with Crippen LogP contribution in [0.2, 0.25) is 4.34 Å². The van der Waals surface area contributed by atoms with Crippen LogP contribution in [0.25, 0.3) is 0 Å². The second kappa shape index (κ2) is 9.69. The first kappa shape index (κ1) is 21.7. The molecule has 1 fully saturated rings. The van der Waals surface area contributed by atoms with Gasteiger partial charge in [-0.1, -0.05) is 11.6 Å². The molecule has 1 aromatic heterocycles. The highest BCUT2D eigenvalue weighted by Gasteiger charge is 2.35. The van der Waals surface area contributed by atoms with Crippen LogP contribution in [0.4, 0.5) is 23.0 Å².